The molecule has 0 aliphatic carbocycles. The van der Waals surface area contributed by atoms with E-state index in [9.17, 15) is 13.2 Å². The summed E-state index contributed by atoms with van der Waals surface area (Å²) in [6, 6.07) is 14.0. The number of fused-ring (bicyclic) bond motifs is 2. The van der Waals surface area contributed by atoms with Crippen LogP contribution in [-0.4, -0.2) is 37.7 Å². The molecule has 156 valence electrons. The fourth-order valence-corrected chi connectivity index (χ4v) is 4.88. The zero-order chi connectivity index (χ0) is 21.3. The minimum atomic E-state index is -3.64. The highest BCUT2D eigenvalue weighted by molar-refractivity contribution is 7.90. The van der Waals surface area contributed by atoms with Crippen LogP contribution in [0, 0.1) is 5.92 Å². The smallest absolute Gasteiger partial charge is 0.263 e. The van der Waals surface area contributed by atoms with Crippen molar-refractivity contribution in [3.63, 3.8) is 0 Å². The summed E-state index contributed by atoms with van der Waals surface area (Å²) in [4.78, 5) is 20.7. The fraction of sp³-hybridized carbons (Fsp3) is 0.273. The van der Waals surface area contributed by atoms with Gasteiger partial charge in [0.05, 0.1) is 4.90 Å². The van der Waals surface area contributed by atoms with Gasteiger partial charge in [-0.2, -0.15) is 0 Å². The Morgan fingerprint density at radius 3 is 2.63 bits per heavy atom. The third kappa shape index (κ3) is 3.82. The number of sulfonamides is 1. The molecule has 1 aromatic heterocycles. The Hall–Kier alpha value is -3.13. The first-order valence-electron chi connectivity index (χ1n) is 9.89. The molecule has 0 radical (unpaired) electrons. The second-order valence-corrected chi connectivity index (χ2v) is 9.32. The van der Waals surface area contributed by atoms with Gasteiger partial charge in [0.15, 0.2) is 0 Å². The number of carbonyl (C=O) groups excluding carboxylic acids is 1. The van der Waals surface area contributed by atoms with Crippen LogP contribution in [0.4, 0.5) is 0 Å². The third-order valence-electron chi connectivity index (χ3n) is 5.20. The highest BCUT2D eigenvalue weighted by Crippen LogP contribution is 2.23. The Bertz CT molecular complexity index is 1230. The Morgan fingerprint density at radius 2 is 1.83 bits per heavy atom. The highest BCUT2D eigenvalue weighted by Gasteiger charge is 2.32. The van der Waals surface area contributed by atoms with Crippen molar-refractivity contribution >= 4 is 32.7 Å². The number of nitrogens with zero attached hydrogens (tertiary/aromatic N) is 1. The van der Waals surface area contributed by atoms with Crippen LogP contribution in [0.5, 0.6) is 0 Å². The maximum absolute atomic E-state index is 12.8. The summed E-state index contributed by atoms with van der Waals surface area (Å²) in [5.74, 6) is -0.0974. The first kappa shape index (κ1) is 20.2. The van der Waals surface area contributed by atoms with E-state index in [1.807, 2.05) is 38.2 Å². The highest BCUT2D eigenvalue weighted by atomic mass is 32.2. The molecule has 1 atom stereocenters. The molecule has 8 heteroatoms. The number of nitrogens with one attached hydrogen (secondary N) is 3. The van der Waals surface area contributed by atoms with Crippen molar-refractivity contribution in [1.82, 2.24) is 15.0 Å². The summed E-state index contributed by atoms with van der Waals surface area (Å²) in [5.41, 5.74) is 2.70. The maximum atomic E-state index is 12.8. The van der Waals surface area contributed by atoms with Crippen molar-refractivity contribution in [1.29, 1.82) is 0 Å². The van der Waals surface area contributed by atoms with Crippen LogP contribution >= 0.6 is 0 Å². The molecule has 7 nitrogen and oxygen atoms in total. The molecule has 0 bridgehead atoms. The average Bonchev–Trinajstić information content (AvgIpc) is 3.24. The van der Waals surface area contributed by atoms with E-state index in [1.165, 1.54) is 6.07 Å². The monoisotopic (exact) mass is 424 g/mol. The number of hydrogen-bond acceptors (Lipinski definition) is 4. The molecule has 0 fully saturated rings. The zero-order valence-electron chi connectivity index (χ0n) is 16.8. The van der Waals surface area contributed by atoms with Gasteiger partial charge in [-0.05, 0) is 36.1 Å². The minimum absolute atomic E-state index is 0.0946. The van der Waals surface area contributed by atoms with Crippen LogP contribution in [0.2, 0.25) is 0 Å². The number of amidine groups is 1. The van der Waals surface area contributed by atoms with E-state index in [2.05, 4.69) is 26.1 Å². The quantitative estimate of drug-likeness (QED) is 0.567. The van der Waals surface area contributed by atoms with E-state index < -0.39 is 16.1 Å². The summed E-state index contributed by atoms with van der Waals surface area (Å²) in [6.07, 6.45) is 2.65. The predicted molar refractivity (Wildman–Crippen MR) is 117 cm³/mol. The molecule has 0 spiro atoms. The molecule has 0 saturated heterocycles. The van der Waals surface area contributed by atoms with Crippen molar-refractivity contribution in [2.45, 2.75) is 31.2 Å². The molecule has 1 amide bonds. The molecule has 30 heavy (non-hydrogen) atoms. The molecule has 3 N–H and O–H groups in total. The van der Waals surface area contributed by atoms with E-state index in [4.69, 9.17) is 0 Å². The largest absolute Gasteiger partial charge is 0.361 e. The molecule has 0 saturated carbocycles. The van der Waals surface area contributed by atoms with Gasteiger partial charge in [-0.15, -0.1) is 0 Å². The van der Waals surface area contributed by atoms with Gasteiger partial charge >= 0.3 is 0 Å². The number of para-hydroxylation sites is 1. The number of aliphatic imine (C=N–C) groups is 1. The SMILES string of the molecule is CC(C)[C@H](N=C1NS(=O)(=O)c2ccccc21)C(=O)NCCc1c[nH]c2ccccc12. The van der Waals surface area contributed by atoms with E-state index in [1.54, 1.807) is 18.2 Å². The lowest BCUT2D eigenvalue weighted by Crippen LogP contribution is -2.39. The van der Waals surface area contributed by atoms with Crippen LogP contribution in [0.15, 0.2) is 64.6 Å². The number of aromatic amines is 1. The minimum Gasteiger partial charge on any atom is -0.361 e. The number of rotatable bonds is 6. The molecule has 2 heterocycles. The van der Waals surface area contributed by atoms with Gasteiger partial charge in [-0.1, -0.05) is 44.2 Å². The number of carbonyl (C=O) groups is 1. The number of amides is 1. The van der Waals surface area contributed by atoms with E-state index >= 15 is 0 Å². The first-order valence-corrected chi connectivity index (χ1v) is 11.4. The zero-order valence-corrected chi connectivity index (χ0v) is 17.7. The Morgan fingerprint density at radius 1 is 1.10 bits per heavy atom. The summed E-state index contributed by atoms with van der Waals surface area (Å²) in [5, 5.41) is 4.09. The molecule has 3 aromatic rings. The summed E-state index contributed by atoms with van der Waals surface area (Å²) >= 11 is 0. The first-order chi connectivity index (χ1) is 14.4. The predicted octanol–water partition coefficient (Wildman–Crippen LogP) is 2.59. The Balaban J connectivity index is 1.48. The Kier molecular flexibility index (Phi) is 5.34. The van der Waals surface area contributed by atoms with Gasteiger partial charge in [0, 0.05) is 29.2 Å². The standard InChI is InChI=1S/C22H24N4O3S/c1-14(2)20(25-21-17-8-4-6-10-19(17)30(28,29)26-21)22(27)23-12-11-15-13-24-18-9-5-3-7-16(15)18/h3-10,13-14,20,24H,11-12H2,1-2H3,(H,23,27)(H,25,26)/t20-/m0/s1. The summed E-state index contributed by atoms with van der Waals surface area (Å²) in [7, 11) is -3.64. The summed E-state index contributed by atoms with van der Waals surface area (Å²) in [6.45, 7) is 4.25. The van der Waals surface area contributed by atoms with Crippen LogP contribution in [0.25, 0.3) is 10.9 Å². The third-order valence-corrected chi connectivity index (χ3v) is 6.60. The number of hydrogen-bond donors (Lipinski definition) is 3. The molecule has 1 aliphatic rings. The van der Waals surface area contributed by atoms with Crippen molar-refractivity contribution in [2.24, 2.45) is 10.9 Å². The van der Waals surface area contributed by atoms with Gasteiger partial charge in [-0.25, -0.2) is 8.42 Å². The van der Waals surface area contributed by atoms with Crippen molar-refractivity contribution < 1.29 is 13.2 Å². The van der Waals surface area contributed by atoms with Crippen molar-refractivity contribution in [2.75, 3.05) is 6.54 Å². The van der Waals surface area contributed by atoms with E-state index in [0.717, 1.165) is 16.5 Å². The van der Waals surface area contributed by atoms with Crippen molar-refractivity contribution in [3.8, 4) is 0 Å². The fourth-order valence-electron chi connectivity index (χ4n) is 3.64. The van der Waals surface area contributed by atoms with Crippen LogP contribution < -0.4 is 10.0 Å². The second kappa shape index (κ2) is 7.95. The van der Waals surface area contributed by atoms with Gasteiger partial charge in [0.2, 0.25) is 5.91 Å². The average molecular weight is 425 g/mol. The van der Waals surface area contributed by atoms with Crippen LogP contribution in [0.3, 0.4) is 0 Å². The molecule has 0 unspecified atom stereocenters. The van der Waals surface area contributed by atoms with E-state index in [-0.39, 0.29) is 22.6 Å². The van der Waals surface area contributed by atoms with Crippen molar-refractivity contribution in [3.05, 3.63) is 65.9 Å². The molecular weight excluding hydrogens is 400 g/mol. The maximum Gasteiger partial charge on any atom is 0.263 e. The number of benzene rings is 2. The Labute approximate surface area is 175 Å². The van der Waals surface area contributed by atoms with Gasteiger partial charge in [0.25, 0.3) is 10.0 Å². The topological polar surface area (TPSA) is 103 Å². The van der Waals surface area contributed by atoms with Gasteiger partial charge < -0.3 is 10.3 Å². The lowest BCUT2D eigenvalue weighted by atomic mass is 10.0. The molecule has 2 aromatic carbocycles. The molecular formula is C22H24N4O3S. The van der Waals surface area contributed by atoms with Gasteiger partial charge in [0.1, 0.15) is 11.9 Å². The van der Waals surface area contributed by atoms with E-state index in [0.29, 0.717) is 18.5 Å². The lowest BCUT2D eigenvalue weighted by molar-refractivity contribution is -0.123. The summed E-state index contributed by atoms with van der Waals surface area (Å²) < 4.78 is 27.1. The number of H-pyrrole nitrogens is 1. The molecule has 1 aliphatic heterocycles. The van der Waals surface area contributed by atoms with Crippen LogP contribution in [0.1, 0.15) is 25.0 Å². The van der Waals surface area contributed by atoms with Gasteiger partial charge in [-0.3, -0.25) is 14.5 Å². The normalized spacial score (nSPS) is 17.1. The second-order valence-electron chi connectivity index (χ2n) is 7.67. The van der Waals surface area contributed by atoms with Crippen LogP contribution in [-0.2, 0) is 21.2 Å². The number of aromatic nitrogens is 1. The molecule has 4 rings (SSSR count). The lowest BCUT2D eigenvalue weighted by Gasteiger charge is -2.17.